The molecular formula is C41H41FN10O5Si. The molecule has 0 spiro atoms. The standard InChI is InChI=1S/C41H41FN10O5Si/c42-32-21-48(15-14-41(32,58)52-37-34(36(43)44-22-45-37)35(47-52)23-6-9-28(10-7-23)57-27-4-2-1-3-5-27)25-17-50(18-25)26-19-49(20-26)24-8-11-29-30(16-24)40(56)51(39(29)55)31-12-13-33(53)46-38(31)54/h1-11,16,22,25-26,31-32H,12-15,17-21H2,58H3,(H2,43,44,45)(H,46,53,54). The van der Waals surface area contributed by atoms with E-state index in [2.05, 4.69) is 30.0 Å². The van der Waals surface area contributed by atoms with Gasteiger partial charge in [0.15, 0.2) is 5.65 Å². The zero-order valence-corrected chi connectivity index (χ0v) is 33.8. The quantitative estimate of drug-likeness (QED) is 0.173. The molecule has 4 amide bonds. The molecule has 7 heterocycles. The second-order valence-corrected chi connectivity index (χ2v) is 17.8. The lowest BCUT2D eigenvalue weighted by atomic mass is 9.94. The molecule has 0 radical (unpaired) electrons. The summed E-state index contributed by atoms with van der Waals surface area (Å²) in [5.74, 6) is -0.333. The fourth-order valence-corrected chi connectivity index (χ4v) is 9.72. The number of piperidine rings is 2. The number of likely N-dealkylation sites (tertiary alicyclic amines) is 2. The molecule has 15 nitrogen and oxygen atoms in total. The average molecular weight is 801 g/mol. The molecule has 3 unspecified atom stereocenters. The summed E-state index contributed by atoms with van der Waals surface area (Å²) in [4.78, 5) is 67.2. The number of ether oxygens (including phenoxy) is 1. The molecule has 0 aliphatic carbocycles. The molecule has 2 aromatic heterocycles. The van der Waals surface area contributed by atoms with Crippen LogP contribution in [0.25, 0.3) is 22.3 Å². The molecule has 3 N–H and O–H groups in total. The van der Waals surface area contributed by atoms with E-state index in [1.54, 1.807) is 16.8 Å². The van der Waals surface area contributed by atoms with Crippen LogP contribution in [0.4, 0.5) is 15.9 Å². The first-order valence-corrected chi connectivity index (χ1v) is 20.6. The van der Waals surface area contributed by atoms with Gasteiger partial charge in [-0.25, -0.2) is 19.0 Å². The number of para-hydroxylation sites is 1. The third-order valence-electron chi connectivity index (χ3n) is 12.6. The molecular weight excluding hydrogens is 760 g/mol. The number of fused-ring (bicyclic) bond motifs is 2. The summed E-state index contributed by atoms with van der Waals surface area (Å²) < 4.78 is 24.4. The van der Waals surface area contributed by atoms with E-state index in [9.17, 15) is 19.2 Å². The molecule has 4 fully saturated rings. The number of benzene rings is 3. The number of carbonyl (C=O) groups excluding carboxylic acids is 4. The summed E-state index contributed by atoms with van der Waals surface area (Å²) in [5.41, 5.74) is 9.77. The van der Waals surface area contributed by atoms with Crippen molar-refractivity contribution in [3.05, 3.63) is 90.3 Å². The van der Waals surface area contributed by atoms with Crippen molar-refractivity contribution in [2.45, 2.75) is 48.7 Å². The Morgan fingerprint density at radius 2 is 1.57 bits per heavy atom. The molecule has 4 saturated heterocycles. The molecule has 0 bridgehead atoms. The Balaban J connectivity index is 0.768. The lowest BCUT2D eigenvalue weighted by Gasteiger charge is -2.56. The minimum absolute atomic E-state index is 0.0767. The monoisotopic (exact) mass is 800 g/mol. The van der Waals surface area contributed by atoms with Crippen LogP contribution < -0.4 is 20.7 Å². The van der Waals surface area contributed by atoms with Gasteiger partial charge in [0, 0.05) is 79.3 Å². The van der Waals surface area contributed by atoms with E-state index < -0.39 is 41.0 Å². The van der Waals surface area contributed by atoms with E-state index in [1.165, 1.54) is 6.33 Å². The molecule has 0 saturated carbocycles. The van der Waals surface area contributed by atoms with Crippen LogP contribution in [-0.4, -0.2) is 132 Å². The fraction of sp³-hybridized carbons (Fsp3) is 0.341. The van der Waals surface area contributed by atoms with Crippen LogP contribution in [0.2, 0.25) is 0 Å². The van der Waals surface area contributed by atoms with Gasteiger partial charge in [-0.15, -0.1) is 0 Å². The summed E-state index contributed by atoms with van der Waals surface area (Å²) in [6.07, 6.45) is 1.05. The second kappa shape index (κ2) is 13.8. The molecule has 296 valence electrons. The van der Waals surface area contributed by atoms with Crippen molar-refractivity contribution in [1.29, 1.82) is 0 Å². The maximum Gasteiger partial charge on any atom is 0.262 e. The number of halogens is 1. The van der Waals surface area contributed by atoms with E-state index in [0.717, 1.165) is 54.6 Å². The average Bonchev–Trinajstić information content (AvgIpc) is 3.70. The van der Waals surface area contributed by atoms with Gasteiger partial charge in [-0.2, -0.15) is 5.10 Å². The first-order chi connectivity index (χ1) is 28.1. The SMILES string of the molecule is Nc1ncnc2c1c(-c1ccc(Oc3ccccc3)cc1)nn2C1([SiH3])CCN(C2CN(C3CN(c4ccc5c(c4)C(=O)N(C4CCC(=O)NC4=O)C5=O)C3)C2)CC1F. The van der Waals surface area contributed by atoms with E-state index in [1.807, 2.05) is 60.7 Å². The van der Waals surface area contributed by atoms with Crippen LogP contribution >= 0.6 is 0 Å². The van der Waals surface area contributed by atoms with Gasteiger partial charge in [0.1, 0.15) is 41.6 Å². The van der Waals surface area contributed by atoms with Gasteiger partial charge in [0.2, 0.25) is 11.8 Å². The van der Waals surface area contributed by atoms with Gasteiger partial charge in [0.05, 0.1) is 21.7 Å². The van der Waals surface area contributed by atoms with E-state index in [0.29, 0.717) is 57.5 Å². The van der Waals surface area contributed by atoms with Gasteiger partial charge in [-0.1, -0.05) is 18.2 Å². The Morgan fingerprint density at radius 1 is 0.845 bits per heavy atom. The number of aromatic nitrogens is 4. The third kappa shape index (κ3) is 5.94. The number of anilines is 2. The van der Waals surface area contributed by atoms with Gasteiger partial charge in [-0.05, 0) is 67.4 Å². The predicted molar refractivity (Wildman–Crippen MR) is 215 cm³/mol. The highest BCUT2D eigenvalue weighted by atomic mass is 28.1. The summed E-state index contributed by atoms with van der Waals surface area (Å²) >= 11 is 0. The molecule has 17 heteroatoms. The van der Waals surface area contributed by atoms with Gasteiger partial charge < -0.3 is 15.4 Å². The van der Waals surface area contributed by atoms with Crippen LogP contribution in [0.3, 0.4) is 0 Å². The largest absolute Gasteiger partial charge is 0.457 e. The molecule has 58 heavy (non-hydrogen) atoms. The molecule has 3 aromatic carbocycles. The van der Waals surface area contributed by atoms with Crippen LogP contribution in [0, 0.1) is 0 Å². The van der Waals surface area contributed by atoms with Crippen molar-refractivity contribution < 1.29 is 28.3 Å². The van der Waals surface area contributed by atoms with Crippen molar-refractivity contribution >= 4 is 56.4 Å². The molecule has 3 atom stereocenters. The highest BCUT2D eigenvalue weighted by Gasteiger charge is 2.49. The molecule has 10 rings (SSSR count). The summed E-state index contributed by atoms with van der Waals surface area (Å²) in [5, 5.41) is 7.05. The number of alkyl halides is 1. The fourth-order valence-electron chi connectivity index (χ4n) is 9.00. The highest BCUT2D eigenvalue weighted by Crippen LogP contribution is 2.40. The minimum atomic E-state index is -1.16. The van der Waals surface area contributed by atoms with E-state index >= 15 is 4.39 Å². The Morgan fingerprint density at radius 3 is 2.31 bits per heavy atom. The molecule has 5 aromatic rings. The Bertz CT molecular complexity index is 2490. The van der Waals surface area contributed by atoms with Crippen molar-refractivity contribution in [3.8, 4) is 22.8 Å². The summed E-state index contributed by atoms with van der Waals surface area (Å²) in [6.45, 7) is 4.27. The number of carbonyl (C=O) groups is 4. The first-order valence-electron chi connectivity index (χ1n) is 19.6. The van der Waals surface area contributed by atoms with E-state index in [4.69, 9.17) is 15.6 Å². The van der Waals surface area contributed by atoms with Crippen molar-refractivity contribution in [2.75, 3.05) is 49.9 Å². The normalized spacial score (nSPS) is 24.6. The lowest BCUT2D eigenvalue weighted by Crippen LogP contribution is -2.71. The molecule has 5 aliphatic rings. The number of hydrogen-bond donors (Lipinski definition) is 2. The van der Waals surface area contributed by atoms with Gasteiger partial charge >= 0.3 is 0 Å². The van der Waals surface area contributed by atoms with Crippen LogP contribution in [-0.2, 0) is 14.8 Å². The first kappa shape index (κ1) is 36.3. The third-order valence-corrected chi connectivity index (χ3v) is 14.2. The van der Waals surface area contributed by atoms with Crippen LogP contribution in [0.15, 0.2) is 79.1 Å². The summed E-state index contributed by atoms with van der Waals surface area (Å²) in [6, 6.07) is 22.0. The smallest absolute Gasteiger partial charge is 0.262 e. The number of imide groups is 2. The maximum absolute atomic E-state index is 16.6. The number of nitrogens with zero attached hydrogens (tertiary/aromatic N) is 8. The highest BCUT2D eigenvalue weighted by molar-refractivity contribution is 6.23. The topological polar surface area (TPSA) is 172 Å². The lowest BCUT2D eigenvalue weighted by molar-refractivity contribution is -0.136. The molecule has 5 aliphatic heterocycles. The number of hydrogen-bond acceptors (Lipinski definition) is 12. The van der Waals surface area contributed by atoms with Crippen LogP contribution in [0.1, 0.15) is 40.0 Å². The predicted octanol–water partition coefficient (Wildman–Crippen LogP) is 1.90. The number of nitrogens with two attached hydrogens (primary N) is 1. The van der Waals surface area contributed by atoms with Gasteiger partial charge in [-0.3, -0.25) is 39.2 Å². The van der Waals surface area contributed by atoms with Crippen molar-refractivity contribution in [2.24, 2.45) is 0 Å². The van der Waals surface area contributed by atoms with Crippen molar-refractivity contribution in [1.82, 2.24) is 39.8 Å². The number of rotatable bonds is 8. The second-order valence-electron chi connectivity index (χ2n) is 16.1. The number of amides is 4. The van der Waals surface area contributed by atoms with Crippen molar-refractivity contribution in [3.63, 3.8) is 0 Å². The Labute approximate surface area is 335 Å². The zero-order chi connectivity index (χ0) is 39.9. The summed E-state index contributed by atoms with van der Waals surface area (Å²) in [7, 11) is 0.511. The number of nitrogens with one attached hydrogen (secondary N) is 1. The maximum atomic E-state index is 16.6. The minimum Gasteiger partial charge on any atom is -0.457 e. The Hall–Kier alpha value is -6.04. The van der Waals surface area contributed by atoms with E-state index in [-0.39, 0.29) is 30.0 Å². The zero-order valence-electron chi connectivity index (χ0n) is 31.8. The van der Waals surface area contributed by atoms with Crippen LogP contribution in [0.5, 0.6) is 11.5 Å². The number of nitrogen functional groups attached to an aromatic ring is 1. The Kier molecular flexibility index (Phi) is 8.65. The van der Waals surface area contributed by atoms with Gasteiger partial charge in [0.25, 0.3) is 11.8 Å².